The van der Waals surface area contributed by atoms with Crippen LogP contribution in [0.3, 0.4) is 0 Å². The predicted octanol–water partition coefficient (Wildman–Crippen LogP) is 2.29. The number of hydrogen-bond acceptors (Lipinski definition) is 5. The van der Waals surface area contributed by atoms with E-state index in [-0.39, 0.29) is 6.04 Å². The first-order chi connectivity index (χ1) is 10.2. The average Bonchev–Trinajstić information content (AvgIpc) is 2.70. The zero-order valence-corrected chi connectivity index (χ0v) is 12.2. The highest BCUT2D eigenvalue weighted by molar-refractivity contribution is 5.65. The van der Waals surface area contributed by atoms with Crippen molar-refractivity contribution in [2.45, 2.75) is 25.8 Å². The van der Waals surface area contributed by atoms with Gasteiger partial charge in [0.1, 0.15) is 5.75 Å². The molecule has 2 heterocycles. The van der Waals surface area contributed by atoms with Crippen LogP contribution in [0.5, 0.6) is 5.75 Å². The molecule has 1 atom stereocenters. The SMILES string of the molecule is CC(N)Cc1cnc(N2CCCOc3ccccc32)nc1. The molecule has 2 N–H and O–H groups in total. The molecule has 1 aliphatic heterocycles. The third-order valence-electron chi connectivity index (χ3n) is 3.43. The molecular weight excluding hydrogens is 264 g/mol. The Labute approximate surface area is 124 Å². The molecule has 5 heteroatoms. The van der Waals surface area contributed by atoms with E-state index in [1.54, 1.807) is 0 Å². The maximum atomic E-state index is 5.81. The number of para-hydroxylation sites is 2. The quantitative estimate of drug-likeness (QED) is 0.937. The van der Waals surface area contributed by atoms with Gasteiger partial charge >= 0.3 is 0 Å². The zero-order chi connectivity index (χ0) is 14.7. The summed E-state index contributed by atoms with van der Waals surface area (Å²) in [6.45, 7) is 3.55. The number of benzene rings is 1. The molecule has 1 aromatic heterocycles. The lowest BCUT2D eigenvalue weighted by molar-refractivity contribution is 0.322. The number of ether oxygens (including phenoxy) is 1. The summed E-state index contributed by atoms with van der Waals surface area (Å²) in [6, 6.07) is 8.13. The summed E-state index contributed by atoms with van der Waals surface area (Å²) in [4.78, 5) is 11.1. The van der Waals surface area contributed by atoms with Gasteiger partial charge in [-0.05, 0) is 37.5 Å². The molecule has 3 rings (SSSR count). The van der Waals surface area contributed by atoms with Gasteiger partial charge in [0.05, 0.1) is 12.3 Å². The topological polar surface area (TPSA) is 64.3 Å². The van der Waals surface area contributed by atoms with Crippen LogP contribution in [0, 0.1) is 0 Å². The van der Waals surface area contributed by atoms with E-state index in [2.05, 4.69) is 14.9 Å². The Balaban J connectivity index is 1.89. The molecule has 5 nitrogen and oxygen atoms in total. The minimum absolute atomic E-state index is 0.117. The van der Waals surface area contributed by atoms with Crippen LogP contribution in [0.25, 0.3) is 0 Å². The van der Waals surface area contributed by atoms with Gasteiger partial charge in [-0.25, -0.2) is 9.97 Å². The molecule has 21 heavy (non-hydrogen) atoms. The van der Waals surface area contributed by atoms with Crippen molar-refractivity contribution >= 4 is 11.6 Å². The molecule has 2 aromatic rings. The number of hydrogen-bond donors (Lipinski definition) is 1. The Bertz CT molecular complexity index is 597. The molecule has 0 amide bonds. The molecule has 1 aliphatic rings. The predicted molar refractivity (Wildman–Crippen MR) is 82.9 cm³/mol. The van der Waals surface area contributed by atoms with E-state index in [4.69, 9.17) is 10.5 Å². The summed E-state index contributed by atoms with van der Waals surface area (Å²) >= 11 is 0. The first-order valence-electron chi connectivity index (χ1n) is 7.30. The Morgan fingerprint density at radius 2 is 2.05 bits per heavy atom. The van der Waals surface area contributed by atoms with Crippen molar-refractivity contribution in [2.24, 2.45) is 5.73 Å². The van der Waals surface area contributed by atoms with Gasteiger partial charge in [0.2, 0.25) is 5.95 Å². The Kier molecular flexibility index (Phi) is 4.01. The number of fused-ring (bicyclic) bond motifs is 1. The summed E-state index contributed by atoms with van der Waals surface area (Å²) in [7, 11) is 0. The van der Waals surface area contributed by atoms with Crippen LogP contribution in [-0.4, -0.2) is 29.2 Å². The Morgan fingerprint density at radius 1 is 1.29 bits per heavy atom. The Hall–Kier alpha value is -2.14. The van der Waals surface area contributed by atoms with Crippen LogP contribution in [-0.2, 0) is 6.42 Å². The zero-order valence-electron chi connectivity index (χ0n) is 12.2. The minimum Gasteiger partial charge on any atom is -0.491 e. The van der Waals surface area contributed by atoms with Gasteiger partial charge in [0, 0.05) is 25.0 Å². The molecule has 110 valence electrons. The molecule has 1 aromatic carbocycles. The van der Waals surface area contributed by atoms with Crippen LogP contribution in [0.2, 0.25) is 0 Å². The highest BCUT2D eigenvalue weighted by atomic mass is 16.5. The van der Waals surface area contributed by atoms with Crippen molar-refractivity contribution in [2.75, 3.05) is 18.1 Å². The minimum atomic E-state index is 0.117. The maximum Gasteiger partial charge on any atom is 0.229 e. The molecule has 0 saturated heterocycles. The van der Waals surface area contributed by atoms with Crippen LogP contribution in [0.1, 0.15) is 18.9 Å². The van der Waals surface area contributed by atoms with Gasteiger partial charge in [0.25, 0.3) is 0 Å². The molecule has 0 radical (unpaired) electrons. The van der Waals surface area contributed by atoms with Crippen molar-refractivity contribution in [1.82, 2.24) is 9.97 Å². The van der Waals surface area contributed by atoms with E-state index in [9.17, 15) is 0 Å². The monoisotopic (exact) mass is 284 g/mol. The van der Waals surface area contributed by atoms with Gasteiger partial charge < -0.3 is 15.4 Å². The molecule has 0 saturated carbocycles. The van der Waals surface area contributed by atoms with E-state index in [0.717, 1.165) is 43.0 Å². The fraction of sp³-hybridized carbons (Fsp3) is 0.375. The highest BCUT2D eigenvalue weighted by Crippen LogP contribution is 2.33. The average molecular weight is 284 g/mol. The third-order valence-corrected chi connectivity index (χ3v) is 3.43. The van der Waals surface area contributed by atoms with Crippen molar-refractivity contribution in [3.8, 4) is 5.75 Å². The van der Waals surface area contributed by atoms with Gasteiger partial charge in [0.15, 0.2) is 0 Å². The van der Waals surface area contributed by atoms with E-state index >= 15 is 0 Å². The molecule has 0 spiro atoms. The van der Waals surface area contributed by atoms with Crippen LogP contribution < -0.4 is 15.4 Å². The molecule has 0 bridgehead atoms. The van der Waals surface area contributed by atoms with Crippen molar-refractivity contribution < 1.29 is 4.74 Å². The first-order valence-corrected chi connectivity index (χ1v) is 7.30. The van der Waals surface area contributed by atoms with Crippen LogP contribution in [0.15, 0.2) is 36.7 Å². The summed E-state index contributed by atoms with van der Waals surface area (Å²) in [5, 5.41) is 0. The van der Waals surface area contributed by atoms with Crippen molar-refractivity contribution in [3.63, 3.8) is 0 Å². The van der Waals surface area contributed by atoms with Crippen molar-refractivity contribution in [1.29, 1.82) is 0 Å². The van der Waals surface area contributed by atoms with E-state index < -0.39 is 0 Å². The second-order valence-corrected chi connectivity index (χ2v) is 5.39. The number of nitrogens with two attached hydrogens (primary N) is 1. The van der Waals surface area contributed by atoms with E-state index in [1.165, 1.54) is 0 Å². The van der Waals surface area contributed by atoms with Crippen molar-refractivity contribution in [3.05, 3.63) is 42.2 Å². The van der Waals surface area contributed by atoms with Gasteiger partial charge in [-0.15, -0.1) is 0 Å². The van der Waals surface area contributed by atoms with Gasteiger partial charge in [-0.1, -0.05) is 12.1 Å². The van der Waals surface area contributed by atoms with E-state index in [0.29, 0.717) is 5.95 Å². The number of aromatic nitrogens is 2. The summed E-state index contributed by atoms with van der Waals surface area (Å²) in [5.41, 5.74) is 7.89. The lowest BCUT2D eigenvalue weighted by Crippen LogP contribution is -2.21. The maximum absolute atomic E-state index is 5.81. The third kappa shape index (κ3) is 3.13. The largest absolute Gasteiger partial charge is 0.491 e. The van der Waals surface area contributed by atoms with Gasteiger partial charge in [-0.3, -0.25) is 0 Å². The van der Waals surface area contributed by atoms with E-state index in [1.807, 2.05) is 43.6 Å². The smallest absolute Gasteiger partial charge is 0.229 e. The molecule has 0 aliphatic carbocycles. The second-order valence-electron chi connectivity index (χ2n) is 5.39. The number of nitrogens with zero attached hydrogens (tertiary/aromatic N) is 3. The normalized spacial score (nSPS) is 15.8. The standard InChI is InChI=1S/C16H20N4O/c1-12(17)9-13-10-18-16(19-11-13)20-7-4-8-21-15-6-3-2-5-14(15)20/h2-3,5-6,10-12H,4,7-9,17H2,1H3. The lowest BCUT2D eigenvalue weighted by Gasteiger charge is -2.21. The molecular formula is C16H20N4O. The first kappa shape index (κ1) is 13.8. The van der Waals surface area contributed by atoms with Crippen LogP contribution >= 0.6 is 0 Å². The number of rotatable bonds is 3. The molecule has 1 unspecified atom stereocenters. The molecule has 0 fully saturated rings. The second kappa shape index (κ2) is 6.10. The fourth-order valence-electron chi connectivity index (χ4n) is 2.50. The Morgan fingerprint density at radius 3 is 2.81 bits per heavy atom. The fourth-order valence-corrected chi connectivity index (χ4v) is 2.50. The van der Waals surface area contributed by atoms with Crippen LogP contribution in [0.4, 0.5) is 11.6 Å². The van der Waals surface area contributed by atoms with Gasteiger partial charge in [-0.2, -0.15) is 0 Å². The highest BCUT2D eigenvalue weighted by Gasteiger charge is 2.19. The number of anilines is 2. The summed E-state index contributed by atoms with van der Waals surface area (Å²) < 4.78 is 5.76. The summed E-state index contributed by atoms with van der Waals surface area (Å²) in [6.07, 6.45) is 5.46. The summed E-state index contributed by atoms with van der Waals surface area (Å²) in [5.74, 6) is 1.60. The lowest BCUT2D eigenvalue weighted by atomic mass is 10.1.